The molecule has 0 radical (unpaired) electrons. The molecule has 2 aromatic rings. The van der Waals surface area contributed by atoms with E-state index in [1.54, 1.807) is 12.1 Å². The van der Waals surface area contributed by atoms with E-state index in [1.807, 2.05) is 44.2 Å². The predicted octanol–water partition coefficient (Wildman–Crippen LogP) is 3.29. The predicted molar refractivity (Wildman–Crippen MR) is 106 cm³/mol. The van der Waals surface area contributed by atoms with Crippen molar-refractivity contribution in [1.82, 2.24) is 5.32 Å². The van der Waals surface area contributed by atoms with Gasteiger partial charge >= 0.3 is 0 Å². The topological polar surface area (TPSA) is 66.5 Å². The molecule has 7 heteroatoms. The van der Waals surface area contributed by atoms with Crippen LogP contribution in [0, 0.1) is 6.92 Å². The van der Waals surface area contributed by atoms with Crippen molar-refractivity contribution in [3.8, 4) is 0 Å². The molecule has 140 valence electrons. The number of sulfonamides is 1. The zero-order valence-electron chi connectivity index (χ0n) is 15.1. The van der Waals surface area contributed by atoms with E-state index in [-0.39, 0.29) is 12.5 Å². The molecule has 0 heterocycles. The van der Waals surface area contributed by atoms with Gasteiger partial charge < -0.3 is 5.32 Å². The summed E-state index contributed by atoms with van der Waals surface area (Å²) in [4.78, 5) is 12.4. The van der Waals surface area contributed by atoms with E-state index in [9.17, 15) is 13.2 Å². The Balaban J connectivity index is 2.19. The monoisotopic (exact) mass is 394 g/mol. The Bertz CT molecular complexity index is 880. The molecule has 0 spiro atoms. The van der Waals surface area contributed by atoms with Gasteiger partial charge in [0.1, 0.15) is 6.54 Å². The molecule has 26 heavy (non-hydrogen) atoms. The van der Waals surface area contributed by atoms with Crippen LogP contribution in [-0.4, -0.2) is 27.1 Å². The SMILES string of the molecule is CCc1cccc(C)c1N(CC(=O)NCc1ccc(Cl)cc1)S(C)(=O)=O. The normalized spacial score (nSPS) is 11.2. The van der Waals surface area contributed by atoms with Crippen molar-refractivity contribution < 1.29 is 13.2 Å². The molecule has 0 aliphatic heterocycles. The number of amides is 1. The first-order valence-corrected chi connectivity index (χ1v) is 10.5. The van der Waals surface area contributed by atoms with Crippen molar-refractivity contribution in [1.29, 1.82) is 0 Å². The minimum Gasteiger partial charge on any atom is -0.350 e. The summed E-state index contributed by atoms with van der Waals surface area (Å²) in [7, 11) is -3.60. The van der Waals surface area contributed by atoms with Crippen LogP contribution in [0.1, 0.15) is 23.6 Å². The number of halogens is 1. The quantitative estimate of drug-likeness (QED) is 0.783. The number of hydrogen-bond acceptors (Lipinski definition) is 3. The number of carbonyl (C=O) groups is 1. The third-order valence-corrected chi connectivity index (χ3v) is 5.41. The van der Waals surface area contributed by atoms with E-state index in [0.29, 0.717) is 23.7 Å². The van der Waals surface area contributed by atoms with Crippen LogP contribution in [0.25, 0.3) is 0 Å². The summed E-state index contributed by atoms with van der Waals surface area (Å²) in [5.74, 6) is -0.365. The van der Waals surface area contributed by atoms with Gasteiger partial charge in [0.25, 0.3) is 0 Å². The Kier molecular flexibility index (Phi) is 6.67. The second-order valence-electron chi connectivity index (χ2n) is 6.11. The Morgan fingerprint density at radius 2 is 1.81 bits per heavy atom. The summed E-state index contributed by atoms with van der Waals surface area (Å²) in [5.41, 5.74) is 3.18. The first-order chi connectivity index (χ1) is 12.2. The van der Waals surface area contributed by atoms with Gasteiger partial charge in [-0.15, -0.1) is 0 Å². The molecule has 0 aliphatic carbocycles. The average Bonchev–Trinajstić information content (AvgIpc) is 2.58. The highest BCUT2D eigenvalue weighted by Gasteiger charge is 2.24. The van der Waals surface area contributed by atoms with Gasteiger partial charge in [-0.3, -0.25) is 9.10 Å². The molecule has 2 rings (SSSR count). The average molecular weight is 395 g/mol. The fourth-order valence-electron chi connectivity index (χ4n) is 2.71. The van der Waals surface area contributed by atoms with E-state index in [1.165, 1.54) is 4.31 Å². The maximum atomic E-state index is 12.4. The summed E-state index contributed by atoms with van der Waals surface area (Å²) < 4.78 is 25.8. The van der Waals surface area contributed by atoms with E-state index >= 15 is 0 Å². The Morgan fingerprint density at radius 1 is 1.15 bits per heavy atom. The minimum atomic E-state index is -3.60. The molecule has 0 aromatic heterocycles. The third kappa shape index (κ3) is 5.22. The number of nitrogens with one attached hydrogen (secondary N) is 1. The summed E-state index contributed by atoms with van der Waals surface area (Å²) in [6.45, 7) is 3.85. The standard InChI is InChI=1S/C19H23ClN2O3S/c1-4-16-7-5-6-14(2)19(16)22(26(3,24)25)13-18(23)21-12-15-8-10-17(20)11-9-15/h5-11H,4,12-13H2,1-3H3,(H,21,23). The highest BCUT2D eigenvalue weighted by molar-refractivity contribution is 7.92. The second kappa shape index (κ2) is 8.56. The minimum absolute atomic E-state index is 0.260. The molecular weight excluding hydrogens is 372 g/mol. The fraction of sp³-hybridized carbons (Fsp3) is 0.316. The molecule has 1 amide bonds. The molecule has 0 fully saturated rings. The molecule has 0 unspecified atom stereocenters. The molecule has 0 bridgehead atoms. The van der Waals surface area contributed by atoms with Crippen LogP contribution in [-0.2, 0) is 27.8 Å². The summed E-state index contributed by atoms with van der Waals surface area (Å²) in [5, 5.41) is 3.38. The number of carbonyl (C=O) groups excluding carboxylic acids is 1. The van der Waals surface area contributed by atoms with Crippen LogP contribution < -0.4 is 9.62 Å². The molecule has 1 N–H and O–H groups in total. The molecular formula is C19H23ClN2O3S. The summed E-state index contributed by atoms with van der Waals surface area (Å²) in [6.07, 6.45) is 1.79. The van der Waals surface area contributed by atoms with Gasteiger partial charge in [0.15, 0.2) is 0 Å². The van der Waals surface area contributed by atoms with Crippen LogP contribution in [0.4, 0.5) is 5.69 Å². The van der Waals surface area contributed by atoms with Gasteiger partial charge in [-0.25, -0.2) is 8.42 Å². The molecule has 0 saturated heterocycles. The lowest BCUT2D eigenvalue weighted by Gasteiger charge is -2.26. The van der Waals surface area contributed by atoms with Gasteiger partial charge in [-0.05, 0) is 42.2 Å². The lowest BCUT2D eigenvalue weighted by molar-refractivity contribution is -0.119. The van der Waals surface area contributed by atoms with Crippen molar-refractivity contribution in [3.05, 3.63) is 64.2 Å². The number of nitrogens with zero attached hydrogens (tertiary/aromatic N) is 1. The summed E-state index contributed by atoms with van der Waals surface area (Å²) >= 11 is 5.84. The van der Waals surface area contributed by atoms with Gasteiger partial charge in [-0.2, -0.15) is 0 Å². The number of para-hydroxylation sites is 1. The maximum absolute atomic E-state index is 12.4. The molecule has 2 aromatic carbocycles. The van der Waals surface area contributed by atoms with Crippen LogP contribution in [0.3, 0.4) is 0 Å². The van der Waals surface area contributed by atoms with Crippen molar-refractivity contribution in [2.45, 2.75) is 26.8 Å². The Morgan fingerprint density at radius 3 is 2.38 bits per heavy atom. The van der Waals surface area contributed by atoms with Gasteiger partial charge in [0, 0.05) is 11.6 Å². The van der Waals surface area contributed by atoms with Crippen LogP contribution in [0.5, 0.6) is 0 Å². The number of anilines is 1. The molecule has 0 saturated carbocycles. The van der Waals surface area contributed by atoms with Gasteiger partial charge in [-0.1, -0.05) is 48.9 Å². The van der Waals surface area contributed by atoms with Crippen molar-refractivity contribution in [2.24, 2.45) is 0 Å². The maximum Gasteiger partial charge on any atom is 0.241 e. The highest BCUT2D eigenvalue weighted by Crippen LogP contribution is 2.27. The van der Waals surface area contributed by atoms with Crippen molar-refractivity contribution in [2.75, 3.05) is 17.1 Å². The van der Waals surface area contributed by atoms with Gasteiger partial charge in [0.2, 0.25) is 15.9 Å². The lowest BCUT2D eigenvalue weighted by atomic mass is 10.1. The van der Waals surface area contributed by atoms with Crippen LogP contribution >= 0.6 is 11.6 Å². The molecule has 0 aliphatic rings. The van der Waals surface area contributed by atoms with E-state index < -0.39 is 10.0 Å². The van der Waals surface area contributed by atoms with E-state index in [2.05, 4.69) is 5.32 Å². The zero-order chi connectivity index (χ0) is 19.3. The van der Waals surface area contributed by atoms with Gasteiger partial charge in [0.05, 0.1) is 11.9 Å². The van der Waals surface area contributed by atoms with E-state index in [4.69, 9.17) is 11.6 Å². The third-order valence-electron chi connectivity index (χ3n) is 4.04. The second-order valence-corrected chi connectivity index (χ2v) is 8.45. The smallest absolute Gasteiger partial charge is 0.241 e. The number of rotatable bonds is 7. The summed E-state index contributed by atoms with van der Waals surface area (Å²) in [6, 6.07) is 12.7. The number of benzene rings is 2. The zero-order valence-corrected chi connectivity index (χ0v) is 16.7. The first kappa shape index (κ1) is 20.3. The van der Waals surface area contributed by atoms with E-state index in [0.717, 1.165) is 22.9 Å². The van der Waals surface area contributed by atoms with Crippen LogP contribution in [0.15, 0.2) is 42.5 Å². The van der Waals surface area contributed by atoms with Crippen molar-refractivity contribution in [3.63, 3.8) is 0 Å². The lowest BCUT2D eigenvalue weighted by Crippen LogP contribution is -2.41. The Labute approximate surface area is 160 Å². The van der Waals surface area contributed by atoms with Crippen molar-refractivity contribution >= 4 is 33.2 Å². The fourth-order valence-corrected chi connectivity index (χ4v) is 3.78. The first-order valence-electron chi connectivity index (χ1n) is 8.29. The number of hydrogen-bond donors (Lipinski definition) is 1. The highest BCUT2D eigenvalue weighted by atomic mass is 35.5. The largest absolute Gasteiger partial charge is 0.350 e. The van der Waals surface area contributed by atoms with Crippen LogP contribution in [0.2, 0.25) is 5.02 Å². The molecule has 5 nitrogen and oxygen atoms in total. The number of aryl methyl sites for hydroxylation is 2. The molecule has 0 atom stereocenters. The Hall–Kier alpha value is -2.05.